The molecule has 0 bridgehead atoms. The average molecular weight is 693 g/mol. The standard InChI is InChI=1S/C17H20N4O4.2C8H6N4O/c1-18-12-6-10(8-20-14(12)16(22)23)4-3-5-11-7-13(19-2)15(17(24)25)21-9-11;2*13-5-7-1-2-8(11-10-7)12-4-3-9-6-12/h6-9,18-19H,3-5H2,1-2H3,(H,22,23)(H,24,25);2*1-6H. The summed E-state index contributed by atoms with van der Waals surface area (Å²) in [5, 5.41) is 38.9. The lowest BCUT2D eigenvalue weighted by atomic mass is 10.0. The number of carbonyl (C=O) groups is 4. The van der Waals surface area contributed by atoms with Crippen LogP contribution in [0.5, 0.6) is 0 Å². The van der Waals surface area contributed by atoms with Gasteiger partial charge in [0, 0.05) is 51.3 Å². The van der Waals surface area contributed by atoms with E-state index in [9.17, 15) is 19.2 Å². The number of aryl methyl sites for hydroxylation is 2. The third-order valence-electron chi connectivity index (χ3n) is 6.88. The van der Waals surface area contributed by atoms with Gasteiger partial charge in [0.1, 0.15) is 24.0 Å². The highest BCUT2D eigenvalue weighted by molar-refractivity contribution is 5.92. The van der Waals surface area contributed by atoms with Gasteiger partial charge in [0.25, 0.3) is 0 Å². The Kier molecular flexibility index (Phi) is 13.2. The van der Waals surface area contributed by atoms with Crippen molar-refractivity contribution in [3.63, 3.8) is 0 Å². The highest BCUT2D eigenvalue weighted by Crippen LogP contribution is 2.19. The van der Waals surface area contributed by atoms with Crippen molar-refractivity contribution >= 4 is 35.9 Å². The molecule has 18 heteroatoms. The normalized spacial score (nSPS) is 10.1. The number of aromatic carboxylic acids is 2. The van der Waals surface area contributed by atoms with E-state index in [4.69, 9.17) is 10.2 Å². The van der Waals surface area contributed by atoms with Crippen LogP contribution in [-0.2, 0) is 12.8 Å². The molecule has 0 spiro atoms. The molecular formula is C33H32N12O6. The first-order valence-corrected chi connectivity index (χ1v) is 15.1. The summed E-state index contributed by atoms with van der Waals surface area (Å²) < 4.78 is 3.42. The Hall–Kier alpha value is -7.24. The first-order chi connectivity index (χ1) is 24.8. The molecule has 0 atom stereocenters. The van der Waals surface area contributed by atoms with Crippen LogP contribution in [0.2, 0.25) is 0 Å². The number of hydrogen-bond acceptors (Lipinski definition) is 14. The van der Waals surface area contributed by atoms with Crippen LogP contribution in [0.25, 0.3) is 11.6 Å². The molecule has 260 valence electrons. The SMILES string of the molecule is CNc1cc(CCCc2cnc(C(=O)O)c(NC)c2)cnc1C(=O)O.O=Cc1ccc(-n2ccnc2)nn1.O=Cc1ccc(-n2ccnc2)nn1. The van der Waals surface area contributed by atoms with Crippen LogP contribution < -0.4 is 10.6 Å². The number of carboxylic acid groups (broad SMARTS) is 2. The number of nitrogens with zero attached hydrogens (tertiary/aromatic N) is 10. The van der Waals surface area contributed by atoms with Gasteiger partial charge in [-0.25, -0.2) is 29.5 Å². The summed E-state index contributed by atoms with van der Waals surface area (Å²) in [6.45, 7) is 0. The van der Waals surface area contributed by atoms with Crippen molar-refractivity contribution in [3.8, 4) is 11.6 Å². The van der Waals surface area contributed by atoms with Crippen LogP contribution in [0.15, 0.2) is 86.2 Å². The Balaban J connectivity index is 0.000000188. The smallest absolute Gasteiger partial charge is 0.356 e. The van der Waals surface area contributed by atoms with Gasteiger partial charge in [-0.05, 0) is 66.8 Å². The van der Waals surface area contributed by atoms with Crippen molar-refractivity contribution in [3.05, 3.63) is 120 Å². The number of carboxylic acids is 2. The van der Waals surface area contributed by atoms with Gasteiger partial charge in [0.05, 0.1) is 11.4 Å². The van der Waals surface area contributed by atoms with Gasteiger partial charge in [-0.15, -0.1) is 20.4 Å². The topological polar surface area (TPSA) is 246 Å². The van der Waals surface area contributed by atoms with E-state index in [1.165, 1.54) is 0 Å². The van der Waals surface area contributed by atoms with Gasteiger partial charge in [-0.3, -0.25) is 18.7 Å². The van der Waals surface area contributed by atoms with Crippen LogP contribution in [0.3, 0.4) is 0 Å². The van der Waals surface area contributed by atoms with Crippen LogP contribution in [-0.4, -0.2) is 98.3 Å². The lowest BCUT2D eigenvalue weighted by molar-refractivity contribution is 0.0681. The van der Waals surface area contributed by atoms with Crippen molar-refractivity contribution in [1.29, 1.82) is 0 Å². The number of aromatic nitrogens is 10. The third-order valence-corrected chi connectivity index (χ3v) is 6.88. The van der Waals surface area contributed by atoms with Crippen LogP contribution in [0, 0.1) is 0 Å². The third kappa shape index (κ3) is 10.4. The van der Waals surface area contributed by atoms with E-state index in [-0.39, 0.29) is 11.4 Å². The van der Waals surface area contributed by atoms with E-state index in [0.29, 0.717) is 47.0 Å². The number of imidazole rings is 2. The van der Waals surface area contributed by atoms with Crippen molar-refractivity contribution < 1.29 is 29.4 Å². The maximum absolute atomic E-state index is 11.1. The molecule has 51 heavy (non-hydrogen) atoms. The molecule has 0 aliphatic carbocycles. The second-order valence-corrected chi connectivity index (χ2v) is 10.3. The second kappa shape index (κ2) is 18.3. The Morgan fingerprint density at radius 2 is 1.12 bits per heavy atom. The fraction of sp³-hybridized carbons (Fsp3) is 0.152. The molecule has 6 aromatic rings. The van der Waals surface area contributed by atoms with Crippen LogP contribution in [0.1, 0.15) is 59.5 Å². The Morgan fingerprint density at radius 1 is 0.686 bits per heavy atom. The highest BCUT2D eigenvalue weighted by Gasteiger charge is 2.13. The monoisotopic (exact) mass is 692 g/mol. The molecule has 0 radical (unpaired) electrons. The molecule has 4 N–H and O–H groups in total. The first-order valence-electron chi connectivity index (χ1n) is 15.1. The molecule has 0 aromatic carbocycles. The number of hydrogen-bond donors (Lipinski definition) is 4. The zero-order chi connectivity index (χ0) is 36.6. The molecule has 0 amide bonds. The van der Waals surface area contributed by atoms with Crippen molar-refractivity contribution in [2.24, 2.45) is 0 Å². The quantitative estimate of drug-likeness (QED) is 0.135. The summed E-state index contributed by atoms with van der Waals surface area (Å²) in [5.41, 5.74) is 3.46. The molecule has 6 heterocycles. The molecule has 0 fully saturated rings. The van der Waals surface area contributed by atoms with Gasteiger partial charge >= 0.3 is 11.9 Å². The van der Waals surface area contributed by atoms with Crippen LogP contribution >= 0.6 is 0 Å². The highest BCUT2D eigenvalue weighted by atomic mass is 16.4. The summed E-state index contributed by atoms with van der Waals surface area (Å²) >= 11 is 0. The summed E-state index contributed by atoms with van der Waals surface area (Å²) in [4.78, 5) is 58.4. The van der Waals surface area contributed by atoms with E-state index >= 15 is 0 Å². The lowest BCUT2D eigenvalue weighted by Gasteiger charge is -2.09. The minimum atomic E-state index is -1.07. The zero-order valence-corrected chi connectivity index (χ0v) is 27.4. The fourth-order valence-electron chi connectivity index (χ4n) is 4.37. The molecule has 0 unspecified atom stereocenters. The lowest BCUT2D eigenvalue weighted by Crippen LogP contribution is -2.07. The Labute approximate surface area is 290 Å². The molecule has 18 nitrogen and oxygen atoms in total. The number of pyridine rings is 2. The van der Waals surface area contributed by atoms with Crippen molar-refractivity contribution in [2.75, 3.05) is 24.7 Å². The van der Waals surface area contributed by atoms with E-state index < -0.39 is 11.9 Å². The maximum Gasteiger partial charge on any atom is 0.356 e. The largest absolute Gasteiger partial charge is 0.476 e. The summed E-state index contributed by atoms with van der Waals surface area (Å²) in [7, 11) is 3.31. The minimum absolute atomic E-state index is 0.00151. The van der Waals surface area contributed by atoms with E-state index in [0.717, 1.165) is 30.4 Å². The Bertz CT molecular complexity index is 1890. The second-order valence-electron chi connectivity index (χ2n) is 10.3. The fourth-order valence-corrected chi connectivity index (χ4v) is 4.37. The van der Waals surface area contributed by atoms with Gasteiger partial charge in [0.2, 0.25) is 0 Å². The predicted molar refractivity (Wildman–Crippen MR) is 183 cm³/mol. The van der Waals surface area contributed by atoms with E-state index in [1.807, 2.05) is 0 Å². The number of aldehydes is 2. The molecule has 0 saturated heterocycles. The predicted octanol–water partition coefficient (Wildman–Crippen LogP) is 3.08. The molecular weight excluding hydrogens is 660 g/mol. The number of carbonyl (C=O) groups excluding carboxylic acids is 2. The van der Waals surface area contributed by atoms with E-state index in [1.54, 1.807) is 109 Å². The van der Waals surface area contributed by atoms with Gasteiger partial charge < -0.3 is 20.8 Å². The summed E-state index contributed by atoms with van der Waals surface area (Å²) in [5.74, 6) is -0.855. The zero-order valence-electron chi connectivity index (χ0n) is 27.4. The number of rotatable bonds is 12. The number of anilines is 2. The van der Waals surface area contributed by atoms with E-state index in [2.05, 4.69) is 51.0 Å². The molecule has 0 aliphatic rings. The molecule has 6 rings (SSSR count). The maximum atomic E-state index is 11.1. The van der Waals surface area contributed by atoms with Gasteiger partial charge in [-0.2, -0.15) is 0 Å². The molecule has 0 saturated carbocycles. The first kappa shape index (κ1) is 36.6. The van der Waals surface area contributed by atoms with Gasteiger partial charge in [-0.1, -0.05) is 0 Å². The average Bonchev–Trinajstić information content (AvgIpc) is 3.91. The summed E-state index contributed by atoms with van der Waals surface area (Å²) in [6.07, 6.45) is 16.7. The van der Waals surface area contributed by atoms with Crippen LogP contribution in [0.4, 0.5) is 11.4 Å². The number of nitrogens with one attached hydrogen (secondary N) is 2. The minimum Gasteiger partial charge on any atom is -0.476 e. The Morgan fingerprint density at radius 3 is 1.41 bits per heavy atom. The van der Waals surface area contributed by atoms with Gasteiger partial charge in [0.15, 0.2) is 35.6 Å². The molecule has 0 aliphatic heterocycles. The van der Waals surface area contributed by atoms with Crippen molar-refractivity contribution in [1.82, 2.24) is 49.5 Å². The molecule has 6 aromatic heterocycles. The summed E-state index contributed by atoms with van der Waals surface area (Å²) in [6, 6.07) is 10.2. The van der Waals surface area contributed by atoms with Crippen molar-refractivity contribution in [2.45, 2.75) is 19.3 Å².